The molecule has 4 nitrogen and oxygen atoms in total. The van der Waals surface area contributed by atoms with Gasteiger partial charge in [0.05, 0.1) is 22.5 Å². The van der Waals surface area contributed by atoms with Crippen LogP contribution in [-0.4, -0.2) is 39.6 Å². The highest BCUT2D eigenvalue weighted by Crippen LogP contribution is 2.57. The molecule has 5 unspecified atom stereocenters. The van der Waals surface area contributed by atoms with Gasteiger partial charge in [-0.3, -0.25) is 4.79 Å². The van der Waals surface area contributed by atoms with Crippen LogP contribution in [0, 0.1) is 23.2 Å². The average molecular weight is 266 g/mol. The summed E-state index contributed by atoms with van der Waals surface area (Å²) in [4.78, 5) is 14.9. The summed E-state index contributed by atoms with van der Waals surface area (Å²) in [7, 11) is 0. The topological polar surface area (TPSA) is 66.6 Å². The summed E-state index contributed by atoms with van der Waals surface area (Å²) in [5.41, 5.74) is 5.18. The largest absolute Gasteiger partial charge is 0.392 e. The van der Waals surface area contributed by atoms with Crippen molar-refractivity contribution in [2.45, 2.75) is 37.8 Å². The van der Waals surface area contributed by atoms with Gasteiger partial charge in [0, 0.05) is 6.54 Å². The lowest BCUT2D eigenvalue weighted by Crippen LogP contribution is -2.49. The lowest BCUT2D eigenvalue weighted by Gasteiger charge is -2.31. The van der Waals surface area contributed by atoms with Crippen molar-refractivity contribution in [1.82, 2.24) is 4.90 Å². The van der Waals surface area contributed by atoms with Gasteiger partial charge in [-0.1, -0.05) is 12.2 Å². The normalized spacial score (nSPS) is 46.5. The monoisotopic (exact) mass is 266 g/mol. The van der Waals surface area contributed by atoms with E-state index in [-0.39, 0.29) is 18.1 Å². The van der Waals surface area contributed by atoms with E-state index in [0.29, 0.717) is 22.7 Å². The summed E-state index contributed by atoms with van der Waals surface area (Å²) in [6, 6.07) is 0.0491. The number of aliphatic hydroxyl groups excluding tert-OH is 1. The van der Waals surface area contributed by atoms with Crippen LogP contribution in [0.2, 0.25) is 0 Å². The Morgan fingerprint density at radius 1 is 1.33 bits per heavy atom. The van der Waals surface area contributed by atoms with Crippen molar-refractivity contribution in [2.24, 2.45) is 28.9 Å². The van der Waals surface area contributed by atoms with Crippen LogP contribution in [0.5, 0.6) is 0 Å². The number of likely N-dealkylation sites (tertiary alicyclic amines) is 1. The van der Waals surface area contributed by atoms with Gasteiger partial charge in [0.25, 0.3) is 0 Å². The van der Waals surface area contributed by atoms with Gasteiger partial charge in [0.15, 0.2) is 0 Å². The number of carbonyl (C=O) groups excluding carboxylic acids is 1. The summed E-state index contributed by atoms with van der Waals surface area (Å²) in [6.07, 6.45) is 3.45. The average Bonchev–Trinajstić information content (AvgIpc) is 2.85. The molecule has 5 heteroatoms. The van der Waals surface area contributed by atoms with Crippen molar-refractivity contribution in [3.63, 3.8) is 0 Å². The molecule has 3 aliphatic carbocycles. The molecule has 0 radical (unpaired) electrons. The Morgan fingerprint density at radius 3 is 2.61 bits per heavy atom. The third-order valence-electron chi connectivity index (χ3n) is 5.74. The van der Waals surface area contributed by atoms with E-state index in [4.69, 9.17) is 18.0 Å². The van der Waals surface area contributed by atoms with E-state index in [1.807, 2.05) is 4.90 Å². The predicted octanol–water partition coefficient (Wildman–Crippen LogP) is 0.280. The molecular formula is C13H18N2O2S. The Morgan fingerprint density at radius 2 is 2.06 bits per heavy atom. The fourth-order valence-electron chi connectivity index (χ4n) is 4.61. The Hall–Kier alpha value is -0.680. The minimum Gasteiger partial charge on any atom is -0.392 e. The second-order valence-corrected chi connectivity index (χ2v) is 6.98. The summed E-state index contributed by atoms with van der Waals surface area (Å²) >= 11 is 5.06. The first-order chi connectivity index (χ1) is 8.54. The third kappa shape index (κ3) is 1.15. The molecule has 18 heavy (non-hydrogen) atoms. The highest BCUT2D eigenvalue weighted by molar-refractivity contribution is 7.80. The number of nitrogens with two attached hydrogens (primary N) is 1. The second kappa shape index (κ2) is 3.25. The number of hydrogen-bond donors (Lipinski definition) is 2. The zero-order valence-corrected chi connectivity index (χ0v) is 11.0. The van der Waals surface area contributed by atoms with Gasteiger partial charge in [0.1, 0.15) is 0 Å². The summed E-state index contributed by atoms with van der Waals surface area (Å²) < 4.78 is 0. The van der Waals surface area contributed by atoms with Gasteiger partial charge >= 0.3 is 0 Å². The van der Waals surface area contributed by atoms with E-state index in [1.54, 1.807) is 0 Å². The van der Waals surface area contributed by atoms with Crippen LogP contribution in [0.1, 0.15) is 25.7 Å². The number of fused-ring (bicyclic) bond motifs is 1. The molecule has 4 rings (SSSR count). The number of hydrogen-bond acceptors (Lipinski definition) is 3. The molecule has 3 N–H and O–H groups in total. The molecule has 4 aliphatic rings. The first kappa shape index (κ1) is 11.2. The maximum absolute atomic E-state index is 12.7. The summed E-state index contributed by atoms with van der Waals surface area (Å²) in [5.74, 6) is 1.64. The van der Waals surface area contributed by atoms with E-state index in [1.165, 1.54) is 0 Å². The fourth-order valence-corrected chi connectivity index (χ4v) is 4.91. The zero-order chi connectivity index (χ0) is 12.7. The Bertz CT molecular complexity index is 446. The first-order valence-corrected chi connectivity index (χ1v) is 7.24. The van der Waals surface area contributed by atoms with Crippen LogP contribution in [0.4, 0.5) is 0 Å². The molecule has 1 saturated heterocycles. The Labute approximate surface area is 112 Å². The van der Waals surface area contributed by atoms with Crippen molar-refractivity contribution in [1.29, 1.82) is 0 Å². The maximum atomic E-state index is 12.7. The summed E-state index contributed by atoms with van der Waals surface area (Å²) in [6.45, 7) is 0.812. The number of thiocarbonyl (C=S) groups is 1. The van der Waals surface area contributed by atoms with Crippen LogP contribution >= 0.6 is 12.2 Å². The van der Waals surface area contributed by atoms with Crippen molar-refractivity contribution in [2.75, 3.05) is 6.54 Å². The number of amides is 1. The number of nitrogens with zero attached hydrogens (tertiary/aromatic N) is 1. The van der Waals surface area contributed by atoms with Crippen molar-refractivity contribution in [3.8, 4) is 0 Å². The molecule has 0 aromatic heterocycles. The van der Waals surface area contributed by atoms with Gasteiger partial charge < -0.3 is 15.7 Å². The molecule has 3 saturated carbocycles. The Balaban J connectivity index is 1.64. The molecule has 1 aliphatic heterocycles. The molecule has 2 bridgehead atoms. The van der Waals surface area contributed by atoms with Crippen molar-refractivity contribution in [3.05, 3.63) is 0 Å². The van der Waals surface area contributed by atoms with Gasteiger partial charge in [0.2, 0.25) is 5.91 Å². The van der Waals surface area contributed by atoms with Crippen LogP contribution in [-0.2, 0) is 4.79 Å². The lowest BCUT2D eigenvalue weighted by molar-refractivity contribution is -0.137. The van der Waals surface area contributed by atoms with Crippen LogP contribution < -0.4 is 5.73 Å². The van der Waals surface area contributed by atoms with Crippen LogP contribution in [0.3, 0.4) is 0 Å². The van der Waals surface area contributed by atoms with Gasteiger partial charge in [-0.15, -0.1) is 0 Å². The van der Waals surface area contributed by atoms with E-state index in [9.17, 15) is 9.90 Å². The second-order valence-electron chi connectivity index (χ2n) is 6.54. The van der Waals surface area contributed by atoms with Crippen molar-refractivity contribution >= 4 is 23.1 Å². The molecule has 98 valence electrons. The van der Waals surface area contributed by atoms with Gasteiger partial charge in [-0.2, -0.15) is 0 Å². The van der Waals surface area contributed by atoms with E-state index >= 15 is 0 Å². The quantitative estimate of drug-likeness (QED) is 0.705. The molecule has 1 amide bonds. The number of aliphatic hydroxyl groups is 1. The maximum Gasteiger partial charge on any atom is 0.235 e. The van der Waals surface area contributed by atoms with E-state index in [0.717, 1.165) is 32.2 Å². The molecular weight excluding hydrogens is 248 g/mol. The van der Waals surface area contributed by atoms with Crippen LogP contribution in [0.15, 0.2) is 0 Å². The number of carbonyl (C=O) groups is 1. The fraction of sp³-hybridized carbons (Fsp3) is 0.846. The van der Waals surface area contributed by atoms with Gasteiger partial charge in [-0.05, 0) is 43.4 Å². The molecule has 5 atom stereocenters. The highest BCUT2D eigenvalue weighted by Gasteiger charge is 2.64. The minimum absolute atomic E-state index is 0.0491. The third-order valence-corrected chi connectivity index (χ3v) is 6.13. The van der Waals surface area contributed by atoms with E-state index in [2.05, 4.69) is 0 Å². The standard InChI is InChI=1S/C13H18N2O2S/c14-11(18)13(1-2-13)12(17)15-5-7-3-6-4-8(7)9(15)10(6)16/h6-10,16H,1-5H2,(H2,14,18). The van der Waals surface area contributed by atoms with E-state index < -0.39 is 5.41 Å². The Kier molecular flexibility index (Phi) is 2.02. The molecule has 1 heterocycles. The SMILES string of the molecule is NC(=S)C1(C(=O)N2CC3CC4CC3C2C4O)CC1. The van der Waals surface area contributed by atoms with Gasteiger partial charge in [-0.25, -0.2) is 0 Å². The number of rotatable bonds is 2. The molecule has 0 aromatic rings. The smallest absolute Gasteiger partial charge is 0.235 e. The van der Waals surface area contributed by atoms with Crippen molar-refractivity contribution < 1.29 is 9.90 Å². The zero-order valence-electron chi connectivity index (χ0n) is 10.2. The highest BCUT2D eigenvalue weighted by atomic mass is 32.1. The van der Waals surface area contributed by atoms with Crippen LogP contribution in [0.25, 0.3) is 0 Å². The summed E-state index contributed by atoms with van der Waals surface area (Å²) in [5, 5.41) is 10.3. The lowest BCUT2D eigenvalue weighted by atomic mass is 9.88. The molecule has 4 fully saturated rings. The molecule has 0 aromatic carbocycles. The first-order valence-electron chi connectivity index (χ1n) is 6.83. The minimum atomic E-state index is -0.559. The predicted molar refractivity (Wildman–Crippen MR) is 69.7 cm³/mol. The molecule has 0 spiro atoms.